The van der Waals surface area contributed by atoms with Crippen LogP contribution in [0.25, 0.3) is 0 Å². The zero-order valence-corrected chi connectivity index (χ0v) is 17.1. The fraction of sp³-hybridized carbons (Fsp3) is 0.474. The lowest BCUT2D eigenvalue weighted by Gasteiger charge is -2.29. The van der Waals surface area contributed by atoms with Gasteiger partial charge < -0.3 is 24.7 Å². The highest BCUT2D eigenvalue weighted by Crippen LogP contribution is 2.18. The van der Waals surface area contributed by atoms with Crippen LogP contribution in [0.15, 0.2) is 28.8 Å². The number of piperazine rings is 1. The highest BCUT2D eigenvalue weighted by Gasteiger charge is 2.38. The number of hydrogen-bond donors (Lipinski definition) is 2. The first-order valence-corrected chi connectivity index (χ1v) is 9.54. The fourth-order valence-electron chi connectivity index (χ4n) is 2.76. The van der Waals surface area contributed by atoms with Crippen LogP contribution < -0.4 is 10.2 Å². The Morgan fingerprint density at radius 3 is 2.48 bits per heavy atom. The lowest BCUT2D eigenvalue weighted by Crippen LogP contribution is -2.43. The van der Waals surface area contributed by atoms with Crippen molar-refractivity contribution >= 4 is 17.6 Å². The van der Waals surface area contributed by atoms with Gasteiger partial charge in [0.05, 0.1) is 6.54 Å². The molecule has 12 heteroatoms. The number of hydrogen-bond acceptors (Lipinski definition) is 7. The predicted octanol–water partition coefficient (Wildman–Crippen LogP) is 1.95. The molecule has 3 rings (SSSR count). The molecule has 9 nitrogen and oxygen atoms in total. The van der Waals surface area contributed by atoms with Gasteiger partial charge in [0.1, 0.15) is 0 Å². The molecule has 1 saturated heterocycles. The quantitative estimate of drug-likeness (QED) is 0.721. The molecule has 170 valence electrons. The summed E-state index contributed by atoms with van der Waals surface area (Å²) in [6.45, 7) is 6.13. The molecule has 0 radical (unpaired) electrons. The van der Waals surface area contributed by atoms with Crippen molar-refractivity contribution in [2.45, 2.75) is 26.1 Å². The molecule has 2 heterocycles. The number of carboxylic acid groups (broad SMARTS) is 1. The van der Waals surface area contributed by atoms with Gasteiger partial charge in [0.2, 0.25) is 5.89 Å². The van der Waals surface area contributed by atoms with Gasteiger partial charge in [-0.2, -0.15) is 18.2 Å². The van der Waals surface area contributed by atoms with Crippen molar-refractivity contribution in [2.75, 3.05) is 38.1 Å². The van der Waals surface area contributed by atoms with Gasteiger partial charge in [-0.25, -0.2) is 4.79 Å². The van der Waals surface area contributed by atoms with E-state index in [0.29, 0.717) is 30.2 Å². The Labute approximate surface area is 176 Å². The van der Waals surface area contributed by atoms with Crippen molar-refractivity contribution in [1.29, 1.82) is 0 Å². The van der Waals surface area contributed by atoms with Gasteiger partial charge in [0.15, 0.2) is 5.82 Å². The Hall–Kier alpha value is -3.15. The van der Waals surface area contributed by atoms with E-state index in [4.69, 9.17) is 14.4 Å². The summed E-state index contributed by atoms with van der Waals surface area (Å²) < 4.78 is 36.8. The van der Waals surface area contributed by atoms with Gasteiger partial charge >= 0.3 is 12.1 Å². The van der Waals surface area contributed by atoms with Gasteiger partial charge in [-0.15, -0.1) is 0 Å². The third-order valence-corrected chi connectivity index (χ3v) is 4.36. The maximum atomic E-state index is 12.7. The molecule has 31 heavy (non-hydrogen) atoms. The Balaban J connectivity index is 0.000000423. The van der Waals surface area contributed by atoms with Crippen molar-refractivity contribution in [3.05, 3.63) is 41.5 Å². The zero-order chi connectivity index (χ0) is 23.0. The molecule has 2 aromatic rings. The number of alkyl halides is 3. The number of aryl methyl sites for hydroxylation is 1. The van der Waals surface area contributed by atoms with E-state index in [1.807, 2.05) is 25.1 Å². The van der Waals surface area contributed by atoms with Crippen molar-refractivity contribution < 1.29 is 32.4 Å². The second kappa shape index (κ2) is 10.8. The van der Waals surface area contributed by atoms with Crippen LogP contribution in [0.4, 0.5) is 18.9 Å². The molecule has 0 aliphatic carbocycles. The van der Waals surface area contributed by atoms with Crippen LogP contribution in [0.3, 0.4) is 0 Å². The summed E-state index contributed by atoms with van der Waals surface area (Å²) >= 11 is 0. The number of carbonyl (C=O) groups is 2. The highest BCUT2D eigenvalue weighted by molar-refractivity contribution is 5.95. The van der Waals surface area contributed by atoms with E-state index in [0.717, 1.165) is 31.9 Å². The van der Waals surface area contributed by atoms with E-state index in [-0.39, 0.29) is 5.91 Å². The Morgan fingerprint density at radius 2 is 1.94 bits per heavy atom. The minimum absolute atomic E-state index is 0.0465. The molecule has 1 aliphatic rings. The molecule has 0 spiro atoms. The van der Waals surface area contributed by atoms with Crippen LogP contribution >= 0.6 is 0 Å². The van der Waals surface area contributed by atoms with E-state index in [2.05, 4.69) is 26.4 Å². The number of carboxylic acids is 1. The first-order chi connectivity index (χ1) is 14.6. The lowest BCUT2D eigenvalue weighted by molar-refractivity contribution is -0.192. The molecule has 1 aromatic carbocycles. The predicted molar refractivity (Wildman–Crippen MR) is 105 cm³/mol. The molecule has 1 aromatic heterocycles. The second-order valence-electron chi connectivity index (χ2n) is 6.71. The molecule has 2 N–H and O–H groups in total. The van der Waals surface area contributed by atoms with Crippen molar-refractivity contribution in [1.82, 2.24) is 20.4 Å². The topological polar surface area (TPSA) is 112 Å². The maximum Gasteiger partial charge on any atom is 0.490 e. The number of anilines is 1. The van der Waals surface area contributed by atoms with E-state index < -0.39 is 12.1 Å². The number of aromatic nitrogens is 2. The van der Waals surface area contributed by atoms with Crippen LogP contribution in [0.1, 0.15) is 29.0 Å². The van der Waals surface area contributed by atoms with Gasteiger partial charge in [-0.1, -0.05) is 18.1 Å². The number of aliphatic carboxylic acids is 1. The third-order valence-electron chi connectivity index (χ3n) is 4.36. The summed E-state index contributed by atoms with van der Waals surface area (Å²) in [5.74, 6) is -1.69. The molecular formula is C19H24F3N5O4. The number of rotatable bonds is 5. The number of carbonyl (C=O) groups excluding carboxylic acids is 1. The normalized spacial score (nSPS) is 13.9. The van der Waals surface area contributed by atoms with Gasteiger partial charge in [0, 0.05) is 50.9 Å². The summed E-state index contributed by atoms with van der Waals surface area (Å²) in [6, 6.07) is 7.78. The summed E-state index contributed by atoms with van der Waals surface area (Å²) in [6.07, 6.45) is -4.39. The van der Waals surface area contributed by atoms with Crippen LogP contribution in [0, 0.1) is 0 Å². The van der Waals surface area contributed by atoms with Crippen molar-refractivity contribution in [3.8, 4) is 0 Å². The maximum absolute atomic E-state index is 12.7. The van der Waals surface area contributed by atoms with Gasteiger partial charge in [-0.05, 0) is 18.2 Å². The molecule has 0 unspecified atom stereocenters. The molecular weight excluding hydrogens is 419 g/mol. The number of nitrogens with one attached hydrogen (secondary N) is 1. The SMILES string of the molecule is CCc1nc(CN(C)C(=O)c2cccc(N3CCNCC3)c2)no1.O=C(O)C(F)(F)F. The molecule has 0 atom stereocenters. The minimum Gasteiger partial charge on any atom is -0.475 e. The summed E-state index contributed by atoms with van der Waals surface area (Å²) in [5, 5.41) is 14.4. The number of benzene rings is 1. The molecule has 1 aliphatic heterocycles. The minimum atomic E-state index is -5.08. The largest absolute Gasteiger partial charge is 0.490 e. The van der Waals surface area contributed by atoms with Crippen LogP contribution in [0.5, 0.6) is 0 Å². The van der Waals surface area contributed by atoms with E-state index in [9.17, 15) is 18.0 Å². The fourth-order valence-corrected chi connectivity index (χ4v) is 2.76. The van der Waals surface area contributed by atoms with Crippen LogP contribution in [0.2, 0.25) is 0 Å². The number of halogens is 3. The summed E-state index contributed by atoms with van der Waals surface area (Å²) in [4.78, 5) is 29.7. The van der Waals surface area contributed by atoms with Gasteiger partial charge in [0.25, 0.3) is 5.91 Å². The smallest absolute Gasteiger partial charge is 0.475 e. The summed E-state index contributed by atoms with van der Waals surface area (Å²) in [5.41, 5.74) is 1.76. The Morgan fingerprint density at radius 1 is 1.29 bits per heavy atom. The van der Waals surface area contributed by atoms with E-state index in [1.54, 1.807) is 11.9 Å². The molecule has 1 amide bonds. The Kier molecular flexibility index (Phi) is 8.37. The average Bonchev–Trinajstić information content (AvgIpc) is 3.21. The number of amides is 1. The zero-order valence-electron chi connectivity index (χ0n) is 17.1. The number of nitrogens with zero attached hydrogens (tertiary/aromatic N) is 4. The van der Waals surface area contributed by atoms with Crippen molar-refractivity contribution in [2.24, 2.45) is 0 Å². The molecule has 1 fully saturated rings. The molecule has 0 bridgehead atoms. The lowest BCUT2D eigenvalue weighted by atomic mass is 10.1. The third kappa shape index (κ3) is 7.24. The monoisotopic (exact) mass is 443 g/mol. The van der Waals surface area contributed by atoms with E-state index in [1.165, 1.54) is 0 Å². The molecule has 0 saturated carbocycles. The summed E-state index contributed by atoms with van der Waals surface area (Å²) in [7, 11) is 1.75. The standard InChI is InChI=1S/C17H23N5O2.C2HF3O2/c1-3-16-19-15(20-24-16)12-21(2)17(23)13-5-4-6-14(11-13)22-9-7-18-8-10-22;3-2(4,5)1(6)7/h4-6,11,18H,3,7-10,12H2,1-2H3;(H,6,7). The first kappa shape index (κ1) is 24.1. The van der Waals surface area contributed by atoms with E-state index >= 15 is 0 Å². The highest BCUT2D eigenvalue weighted by atomic mass is 19.4. The second-order valence-corrected chi connectivity index (χ2v) is 6.71. The average molecular weight is 443 g/mol. The Bertz CT molecular complexity index is 881. The van der Waals surface area contributed by atoms with Crippen molar-refractivity contribution in [3.63, 3.8) is 0 Å². The van der Waals surface area contributed by atoms with Gasteiger partial charge in [-0.3, -0.25) is 4.79 Å². The van der Waals surface area contributed by atoms with Crippen LogP contribution in [-0.2, 0) is 17.8 Å². The van der Waals surface area contributed by atoms with Crippen LogP contribution in [-0.4, -0.2) is 71.4 Å². The first-order valence-electron chi connectivity index (χ1n) is 9.54.